The van der Waals surface area contributed by atoms with E-state index in [0.717, 1.165) is 12.0 Å². The fourth-order valence-corrected chi connectivity index (χ4v) is 1.79. The van der Waals surface area contributed by atoms with Gasteiger partial charge in [0.2, 0.25) is 5.91 Å². The number of likely N-dealkylation sites (N-methyl/N-ethyl adjacent to an activating group) is 1. The van der Waals surface area contributed by atoms with Gasteiger partial charge in [-0.1, -0.05) is 38.8 Å². The van der Waals surface area contributed by atoms with Crippen molar-refractivity contribution in [3.63, 3.8) is 0 Å². The van der Waals surface area contributed by atoms with E-state index in [4.69, 9.17) is 6.42 Å². The minimum absolute atomic E-state index is 0.163. The van der Waals surface area contributed by atoms with Gasteiger partial charge in [-0.25, -0.2) is 0 Å². The maximum Gasteiger partial charge on any atom is 0.227 e. The molecule has 0 aliphatic rings. The molecular weight excluding hydrogens is 222 g/mol. The van der Waals surface area contributed by atoms with E-state index in [1.807, 2.05) is 52.1 Å². The van der Waals surface area contributed by atoms with Crippen molar-refractivity contribution in [1.82, 2.24) is 4.90 Å². The Kier molecular flexibility index (Phi) is 4.55. The molecule has 0 radical (unpaired) electrons. The lowest BCUT2D eigenvalue weighted by atomic mass is 9.95. The van der Waals surface area contributed by atoms with Crippen LogP contribution in [0.3, 0.4) is 0 Å². The van der Waals surface area contributed by atoms with Gasteiger partial charge < -0.3 is 4.90 Å². The molecule has 1 aromatic carbocycles. The maximum atomic E-state index is 12.0. The van der Waals surface area contributed by atoms with Gasteiger partial charge in [0.05, 0.1) is 0 Å². The smallest absolute Gasteiger partial charge is 0.227 e. The van der Waals surface area contributed by atoms with Crippen molar-refractivity contribution < 1.29 is 4.79 Å². The Morgan fingerprint density at radius 2 is 2.06 bits per heavy atom. The minimum Gasteiger partial charge on any atom is -0.345 e. The molecule has 96 valence electrons. The molecule has 0 aliphatic heterocycles. The minimum atomic E-state index is -0.324. The zero-order valence-electron chi connectivity index (χ0n) is 11.7. The van der Waals surface area contributed by atoms with Crippen molar-refractivity contribution in [1.29, 1.82) is 0 Å². The van der Waals surface area contributed by atoms with E-state index in [9.17, 15) is 4.79 Å². The first-order chi connectivity index (χ1) is 8.34. The summed E-state index contributed by atoms with van der Waals surface area (Å²) < 4.78 is 0. The van der Waals surface area contributed by atoms with Gasteiger partial charge in [0.15, 0.2) is 0 Å². The van der Waals surface area contributed by atoms with Crippen molar-refractivity contribution in [2.24, 2.45) is 5.41 Å². The van der Waals surface area contributed by atoms with Crippen LogP contribution >= 0.6 is 0 Å². The molecule has 0 aliphatic carbocycles. The molecule has 0 fully saturated rings. The second kappa shape index (κ2) is 5.73. The summed E-state index contributed by atoms with van der Waals surface area (Å²) in [7, 11) is 1.85. The first kappa shape index (κ1) is 14.3. The third-order valence-corrected chi connectivity index (χ3v) is 2.82. The quantitative estimate of drug-likeness (QED) is 0.747. The first-order valence-corrected chi connectivity index (χ1v) is 6.15. The molecule has 1 aromatic rings. The largest absolute Gasteiger partial charge is 0.345 e. The molecule has 0 saturated carbocycles. The summed E-state index contributed by atoms with van der Waals surface area (Å²) in [5.74, 6) is 2.78. The number of amides is 1. The highest BCUT2D eigenvalue weighted by Gasteiger charge is 2.24. The monoisotopic (exact) mass is 243 g/mol. The molecule has 1 rings (SSSR count). The van der Waals surface area contributed by atoms with Gasteiger partial charge in [-0.2, -0.15) is 0 Å². The second-order valence-corrected chi connectivity index (χ2v) is 5.57. The topological polar surface area (TPSA) is 20.3 Å². The fourth-order valence-electron chi connectivity index (χ4n) is 1.79. The highest BCUT2D eigenvalue weighted by atomic mass is 16.2. The zero-order valence-corrected chi connectivity index (χ0v) is 11.7. The molecule has 0 atom stereocenters. The molecule has 0 unspecified atom stereocenters. The second-order valence-electron chi connectivity index (χ2n) is 5.57. The molecule has 0 spiro atoms. The number of benzene rings is 1. The molecule has 0 heterocycles. The molecule has 2 heteroatoms. The Morgan fingerprint density at radius 1 is 1.39 bits per heavy atom. The van der Waals surface area contributed by atoms with Gasteiger partial charge in [-0.3, -0.25) is 4.79 Å². The van der Waals surface area contributed by atoms with Gasteiger partial charge >= 0.3 is 0 Å². The normalized spacial score (nSPS) is 10.8. The Morgan fingerprint density at radius 3 is 2.61 bits per heavy atom. The van der Waals surface area contributed by atoms with Crippen LogP contribution in [0.5, 0.6) is 0 Å². The predicted octanol–water partition coefficient (Wildman–Crippen LogP) is 2.71. The summed E-state index contributed by atoms with van der Waals surface area (Å²) in [6.45, 7) is 6.52. The average Bonchev–Trinajstić information content (AvgIpc) is 2.34. The van der Waals surface area contributed by atoms with Crippen molar-refractivity contribution in [2.45, 2.75) is 27.2 Å². The summed E-state index contributed by atoms with van der Waals surface area (Å²) in [6.07, 6.45) is 6.19. The maximum absolute atomic E-state index is 12.0. The Bertz CT molecular complexity index is 463. The summed E-state index contributed by atoms with van der Waals surface area (Å²) in [5.41, 5.74) is 1.73. The lowest BCUT2D eigenvalue weighted by Crippen LogP contribution is -2.37. The van der Waals surface area contributed by atoms with Crippen LogP contribution in [0.4, 0.5) is 0 Å². The Labute approximate surface area is 110 Å². The van der Waals surface area contributed by atoms with E-state index in [2.05, 4.69) is 5.92 Å². The van der Waals surface area contributed by atoms with Crippen LogP contribution in [0.25, 0.3) is 0 Å². The third kappa shape index (κ3) is 3.92. The van der Waals surface area contributed by atoms with Crippen molar-refractivity contribution in [3.05, 3.63) is 35.4 Å². The van der Waals surface area contributed by atoms with Crippen molar-refractivity contribution in [3.8, 4) is 12.3 Å². The summed E-state index contributed by atoms with van der Waals surface area (Å²) in [5, 5.41) is 0. The molecule has 0 N–H and O–H groups in total. The van der Waals surface area contributed by atoms with Crippen LogP contribution in [0.2, 0.25) is 0 Å². The van der Waals surface area contributed by atoms with Crippen molar-refractivity contribution in [2.75, 3.05) is 13.6 Å². The van der Waals surface area contributed by atoms with Crippen LogP contribution in [-0.2, 0) is 11.2 Å². The van der Waals surface area contributed by atoms with E-state index in [1.54, 1.807) is 4.90 Å². The van der Waals surface area contributed by atoms with Crippen LogP contribution in [0.1, 0.15) is 31.9 Å². The van der Waals surface area contributed by atoms with Crippen LogP contribution < -0.4 is 0 Å². The molecule has 1 amide bonds. The molecular formula is C16H21NO. The molecule has 0 bridgehead atoms. The number of nitrogens with zero attached hydrogens (tertiary/aromatic N) is 1. The number of rotatable bonds is 3. The van der Waals surface area contributed by atoms with Crippen LogP contribution in [-0.4, -0.2) is 24.4 Å². The SMILES string of the molecule is C#Cc1cccc(CCN(C)C(=O)C(C)(C)C)c1. The lowest BCUT2D eigenvalue weighted by Gasteiger charge is -2.26. The molecule has 0 saturated heterocycles. The Hall–Kier alpha value is -1.75. The molecule has 18 heavy (non-hydrogen) atoms. The molecule has 2 nitrogen and oxygen atoms in total. The van der Waals surface area contributed by atoms with Gasteiger partial charge in [0.25, 0.3) is 0 Å². The lowest BCUT2D eigenvalue weighted by molar-refractivity contribution is -0.138. The van der Waals surface area contributed by atoms with Crippen molar-refractivity contribution >= 4 is 5.91 Å². The van der Waals surface area contributed by atoms with Gasteiger partial charge in [0.1, 0.15) is 0 Å². The summed E-state index contributed by atoms with van der Waals surface area (Å²) in [4.78, 5) is 13.8. The van der Waals surface area contributed by atoms with E-state index in [1.165, 1.54) is 5.56 Å². The Balaban J connectivity index is 2.60. The van der Waals surface area contributed by atoms with E-state index in [0.29, 0.717) is 6.54 Å². The van der Waals surface area contributed by atoms with Crippen LogP contribution in [0, 0.1) is 17.8 Å². The highest BCUT2D eigenvalue weighted by molar-refractivity contribution is 5.81. The van der Waals surface area contributed by atoms with Crippen LogP contribution in [0.15, 0.2) is 24.3 Å². The van der Waals surface area contributed by atoms with E-state index >= 15 is 0 Å². The fraction of sp³-hybridized carbons (Fsp3) is 0.438. The van der Waals surface area contributed by atoms with Gasteiger partial charge in [0, 0.05) is 24.6 Å². The highest BCUT2D eigenvalue weighted by Crippen LogP contribution is 2.16. The van der Waals surface area contributed by atoms with Gasteiger partial charge in [-0.15, -0.1) is 6.42 Å². The first-order valence-electron chi connectivity index (χ1n) is 6.15. The van der Waals surface area contributed by atoms with E-state index in [-0.39, 0.29) is 11.3 Å². The van der Waals surface area contributed by atoms with E-state index < -0.39 is 0 Å². The number of hydrogen-bond acceptors (Lipinski definition) is 1. The summed E-state index contributed by atoms with van der Waals surface area (Å²) in [6, 6.07) is 7.90. The third-order valence-electron chi connectivity index (χ3n) is 2.82. The number of carbonyl (C=O) groups is 1. The number of terminal acetylenes is 1. The summed E-state index contributed by atoms with van der Waals surface area (Å²) >= 11 is 0. The number of carbonyl (C=O) groups excluding carboxylic acids is 1. The zero-order chi connectivity index (χ0) is 13.8. The predicted molar refractivity (Wildman–Crippen MR) is 75.2 cm³/mol. The molecule has 0 aromatic heterocycles. The average molecular weight is 243 g/mol. The standard InChI is InChI=1S/C16H21NO/c1-6-13-8-7-9-14(12-13)10-11-17(5)15(18)16(2,3)4/h1,7-9,12H,10-11H2,2-5H3. The van der Waals surface area contributed by atoms with Gasteiger partial charge in [-0.05, 0) is 24.1 Å². The number of hydrogen-bond donors (Lipinski definition) is 0.